The van der Waals surface area contributed by atoms with Gasteiger partial charge in [-0.2, -0.15) is 0 Å². The molecule has 0 bridgehead atoms. The SMILES string of the molecule is CCCCC(CCC)C(=O)C(C)(C)CC(C)(C)C(C)=O. The zero-order valence-electron chi connectivity index (χ0n) is 14.6. The van der Waals surface area contributed by atoms with Crippen LogP contribution in [0.4, 0.5) is 0 Å². The number of unbranched alkanes of at least 4 members (excludes halogenated alkanes) is 1. The molecule has 118 valence electrons. The monoisotopic (exact) mass is 282 g/mol. The van der Waals surface area contributed by atoms with E-state index >= 15 is 0 Å². The van der Waals surface area contributed by atoms with Crippen LogP contribution in [0.5, 0.6) is 0 Å². The van der Waals surface area contributed by atoms with Crippen molar-refractivity contribution in [3.63, 3.8) is 0 Å². The molecule has 0 aromatic rings. The summed E-state index contributed by atoms with van der Waals surface area (Å²) >= 11 is 0. The van der Waals surface area contributed by atoms with E-state index in [1.54, 1.807) is 6.92 Å². The van der Waals surface area contributed by atoms with Crippen LogP contribution in [0.15, 0.2) is 0 Å². The molecule has 2 heteroatoms. The maximum atomic E-state index is 12.8. The van der Waals surface area contributed by atoms with Gasteiger partial charge in [0.1, 0.15) is 11.6 Å². The number of carbonyl (C=O) groups excluding carboxylic acids is 2. The van der Waals surface area contributed by atoms with Gasteiger partial charge in [0, 0.05) is 16.7 Å². The van der Waals surface area contributed by atoms with E-state index in [-0.39, 0.29) is 11.7 Å². The lowest BCUT2D eigenvalue weighted by molar-refractivity contribution is -0.135. The topological polar surface area (TPSA) is 34.1 Å². The smallest absolute Gasteiger partial charge is 0.141 e. The van der Waals surface area contributed by atoms with Gasteiger partial charge in [-0.3, -0.25) is 9.59 Å². The Morgan fingerprint density at radius 3 is 1.85 bits per heavy atom. The van der Waals surface area contributed by atoms with Gasteiger partial charge in [-0.1, -0.05) is 60.8 Å². The molecule has 0 N–H and O–H groups in total. The predicted molar refractivity (Wildman–Crippen MR) is 85.8 cm³/mol. The predicted octanol–water partition coefficient (Wildman–Crippen LogP) is 5.19. The molecular formula is C18H34O2. The van der Waals surface area contributed by atoms with Crippen molar-refractivity contribution in [2.24, 2.45) is 16.7 Å². The highest BCUT2D eigenvalue weighted by molar-refractivity contribution is 5.88. The minimum atomic E-state index is -0.416. The molecule has 1 unspecified atom stereocenters. The first-order chi connectivity index (χ1) is 9.08. The highest BCUT2D eigenvalue weighted by Gasteiger charge is 2.39. The third-order valence-electron chi connectivity index (χ3n) is 4.42. The van der Waals surface area contributed by atoms with Crippen molar-refractivity contribution in [3.8, 4) is 0 Å². The fraction of sp³-hybridized carbons (Fsp3) is 0.889. The second kappa shape index (κ2) is 7.95. The Hall–Kier alpha value is -0.660. The molecule has 0 aliphatic rings. The molecule has 0 amide bonds. The third-order valence-corrected chi connectivity index (χ3v) is 4.42. The third kappa shape index (κ3) is 5.76. The Kier molecular flexibility index (Phi) is 7.69. The summed E-state index contributed by atoms with van der Waals surface area (Å²) < 4.78 is 0. The molecule has 0 aromatic heterocycles. The van der Waals surface area contributed by atoms with Crippen molar-refractivity contribution < 1.29 is 9.59 Å². The molecule has 1 atom stereocenters. The van der Waals surface area contributed by atoms with Crippen molar-refractivity contribution in [1.82, 2.24) is 0 Å². The molecule has 0 spiro atoms. The summed E-state index contributed by atoms with van der Waals surface area (Å²) in [5.41, 5.74) is -0.830. The molecular weight excluding hydrogens is 248 g/mol. The lowest BCUT2D eigenvalue weighted by Gasteiger charge is -2.34. The maximum absolute atomic E-state index is 12.8. The van der Waals surface area contributed by atoms with E-state index in [2.05, 4.69) is 13.8 Å². The van der Waals surface area contributed by atoms with Gasteiger partial charge in [0.15, 0.2) is 0 Å². The van der Waals surface area contributed by atoms with E-state index in [1.807, 2.05) is 27.7 Å². The molecule has 2 nitrogen and oxygen atoms in total. The van der Waals surface area contributed by atoms with Crippen molar-refractivity contribution >= 4 is 11.6 Å². The van der Waals surface area contributed by atoms with Crippen LogP contribution in [0.3, 0.4) is 0 Å². The number of hydrogen-bond donors (Lipinski definition) is 0. The highest BCUT2D eigenvalue weighted by atomic mass is 16.1. The lowest BCUT2D eigenvalue weighted by atomic mass is 9.68. The largest absolute Gasteiger partial charge is 0.299 e. The van der Waals surface area contributed by atoms with Crippen LogP contribution in [0.2, 0.25) is 0 Å². The molecule has 0 aliphatic carbocycles. The van der Waals surface area contributed by atoms with Crippen molar-refractivity contribution in [2.75, 3.05) is 0 Å². The Morgan fingerprint density at radius 1 is 0.900 bits per heavy atom. The van der Waals surface area contributed by atoms with Crippen molar-refractivity contribution in [2.45, 2.75) is 87.0 Å². The number of rotatable bonds is 10. The zero-order chi connectivity index (χ0) is 16.0. The molecule has 0 heterocycles. The molecule has 0 radical (unpaired) electrons. The van der Waals surface area contributed by atoms with Gasteiger partial charge in [0.2, 0.25) is 0 Å². The second-order valence-corrected chi connectivity index (χ2v) is 7.49. The molecule has 0 aromatic carbocycles. The molecule has 0 rings (SSSR count). The van der Waals surface area contributed by atoms with Crippen LogP contribution in [-0.4, -0.2) is 11.6 Å². The average Bonchev–Trinajstić information content (AvgIpc) is 2.32. The first-order valence-electron chi connectivity index (χ1n) is 8.13. The van der Waals surface area contributed by atoms with Gasteiger partial charge < -0.3 is 0 Å². The van der Waals surface area contributed by atoms with Crippen LogP contribution in [0.25, 0.3) is 0 Å². The first kappa shape index (κ1) is 19.3. The first-order valence-corrected chi connectivity index (χ1v) is 8.13. The lowest BCUT2D eigenvalue weighted by Crippen LogP contribution is -2.37. The molecule has 0 aliphatic heterocycles. The Labute approximate surface area is 125 Å². The molecule has 0 fully saturated rings. The van der Waals surface area contributed by atoms with Crippen LogP contribution >= 0.6 is 0 Å². The van der Waals surface area contributed by atoms with Crippen LogP contribution in [-0.2, 0) is 9.59 Å². The zero-order valence-corrected chi connectivity index (χ0v) is 14.6. The summed E-state index contributed by atoms with van der Waals surface area (Å²) in [4.78, 5) is 24.6. The van der Waals surface area contributed by atoms with E-state index in [9.17, 15) is 9.59 Å². The fourth-order valence-electron chi connectivity index (χ4n) is 3.07. The van der Waals surface area contributed by atoms with Crippen LogP contribution in [0.1, 0.15) is 87.0 Å². The van der Waals surface area contributed by atoms with Gasteiger partial charge in [-0.25, -0.2) is 0 Å². The van der Waals surface area contributed by atoms with Crippen molar-refractivity contribution in [1.29, 1.82) is 0 Å². The standard InChI is InChI=1S/C18H34O2/c1-8-10-12-15(11-9-2)16(20)18(6,7)13-17(4,5)14(3)19/h15H,8-13H2,1-7H3. The quantitative estimate of drug-likeness (QED) is 0.552. The Bertz CT molecular complexity index is 326. The molecule has 20 heavy (non-hydrogen) atoms. The number of hydrogen-bond acceptors (Lipinski definition) is 2. The fourth-order valence-corrected chi connectivity index (χ4v) is 3.07. The van der Waals surface area contributed by atoms with Gasteiger partial charge in [0.05, 0.1) is 0 Å². The summed E-state index contributed by atoms with van der Waals surface area (Å²) in [6, 6.07) is 0. The van der Waals surface area contributed by atoms with E-state index in [0.717, 1.165) is 32.1 Å². The van der Waals surface area contributed by atoms with Gasteiger partial charge in [-0.15, -0.1) is 0 Å². The highest BCUT2D eigenvalue weighted by Crippen LogP contribution is 2.38. The van der Waals surface area contributed by atoms with Crippen LogP contribution in [0, 0.1) is 16.7 Å². The van der Waals surface area contributed by atoms with E-state index in [4.69, 9.17) is 0 Å². The summed E-state index contributed by atoms with van der Waals surface area (Å²) in [6.45, 7) is 13.8. The van der Waals surface area contributed by atoms with Crippen LogP contribution < -0.4 is 0 Å². The van der Waals surface area contributed by atoms with E-state index < -0.39 is 10.8 Å². The summed E-state index contributed by atoms with van der Waals surface area (Å²) in [5, 5.41) is 0. The van der Waals surface area contributed by atoms with E-state index in [0.29, 0.717) is 12.2 Å². The van der Waals surface area contributed by atoms with Crippen molar-refractivity contribution in [3.05, 3.63) is 0 Å². The van der Waals surface area contributed by atoms with E-state index in [1.165, 1.54) is 0 Å². The molecule has 0 saturated carbocycles. The molecule has 0 saturated heterocycles. The second-order valence-electron chi connectivity index (χ2n) is 7.49. The summed E-state index contributed by atoms with van der Waals surface area (Å²) in [7, 11) is 0. The van der Waals surface area contributed by atoms with Gasteiger partial charge >= 0.3 is 0 Å². The summed E-state index contributed by atoms with van der Waals surface area (Å²) in [6.07, 6.45) is 5.90. The number of ketones is 2. The van der Waals surface area contributed by atoms with Gasteiger partial charge in [0.25, 0.3) is 0 Å². The Morgan fingerprint density at radius 2 is 1.45 bits per heavy atom. The minimum Gasteiger partial charge on any atom is -0.299 e. The minimum absolute atomic E-state index is 0.165. The summed E-state index contributed by atoms with van der Waals surface area (Å²) in [5.74, 6) is 0.679. The maximum Gasteiger partial charge on any atom is 0.141 e. The normalized spacial score (nSPS) is 14.2. The average molecular weight is 282 g/mol. The number of carbonyl (C=O) groups is 2. The Balaban J connectivity index is 4.95. The number of Topliss-reactive ketones (excluding diaryl/α,β-unsaturated/α-hetero) is 2. The van der Waals surface area contributed by atoms with Gasteiger partial charge in [-0.05, 0) is 26.2 Å².